The second-order valence-corrected chi connectivity index (χ2v) is 8.76. The molecule has 0 rings (SSSR count). The highest BCUT2D eigenvalue weighted by atomic mass is 32.3. The average molecular weight is 436 g/mol. The average Bonchev–Trinajstić information content (AvgIpc) is 2.67. The zero-order chi connectivity index (χ0) is 22.2. The van der Waals surface area contributed by atoms with E-state index in [0.29, 0.717) is 0 Å². The lowest BCUT2D eigenvalue weighted by Crippen LogP contribution is -2.18. The molecule has 0 aromatic carbocycles. The van der Waals surface area contributed by atoms with Crippen molar-refractivity contribution in [2.45, 2.75) is 111 Å². The Morgan fingerprint density at radius 3 is 1.59 bits per heavy atom. The molecule has 29 heavy (non-hydrogen) atoms. The van der Waals surface area contributed by atoms with Crippen molar-refractivity contribution in [2.75, 3.05) is 26.7 Å². The lowest BCUT2D eigenvalue weighted by Gasteiger charge is -2.12. The molecular formula is C23H49NO4S. The summed E-state index contributed by atoms with van der Waals surface area (Å²) in [6.07, 6.45) is 24.4. The predicted molar refractivity (Wildman–Crippen MR) is 126 cm³/mol. The molecule has 6 heteroatoms. The summed E-state index contributed by atoms with van der Waals surface area (Å²) in [5, 5.41) is 0. The molecule has 0 spiro atoms. The number of allylic oxidation sites excluding steroid dienone is 2. The highest BCUT2D eigenvalue weighted by Gasteiger charge is 1.98. The van der Waals surface area contributed by atoms with Gasteiger partial charge >= 0.3 is 10.4 Å². The second kappa shape index (κ2) is 23.8. The minimum absolute atomic E-state index is 0.0289. The SMILES string of the molecule is CCCCCCCC/C=C\CCCCCCCCN(C)CC.CCOS(=O)(=O)O. The van der Waals surface area contributed by atoms with E-state index in [0.717, 1.165) is 0 Å². The van der Waals surface area contributed by atoms with Crippen LogP contribution >= 0.6 is 0 Å². The Morgan fingerprint density at radius 2 is 1.21 bits per heavy atom. The van der Waals surface area contributed by atoms with Crippen LogP contribution in [0.5, 0.6) is 0 Å². The fourth-order valence-electron chi connectivity index (χ4n) is 2.94. The number of hydrogen-bond donors (Lipinski definition) is 1. The van der Waals surface area contributed by atoms with Crippen LogP contribution in [0.4, 0.5) is 0 Å². The van der Waals surface area contributed by atoms with Crippen molar-refractivity contribution in [1.29, 1.82) is 0 Å². The summed E-state index contributed by atoms with van der Waals surface area (Å²) >= 11 is 0. The Labute approximate surface area is 182 Å². The van der Waals surface area contributed by atoms with Crippen molar-refractivity contribution in [1.82, 2.24) is 4.90 Å². The van der Waals surface area contributed by atoms with Gasteiger partial charge in [-0.25, -0.2) is 4.18 Å². The molecule has 0 radical (unpaired) electrons. The summed E-state index contributed by atoms with van der Waals surface area (Å²) in [5.74, 6) is 0. The van der Waals surface area contributed by atoms with Gasteiger partial charge in [0, 0.05) is 0 Å². The van der Waals surface area contributed by atoms with Crippen LogP contribution in [-0.4, -0.2) is 44.6 Å². The number of unbranched alkanes of at least 4 members (excludes halogenated alkanes) is 12. The van der Waals surface area contributed by atoms with Crippen LogP contribution in [0.3, 0.4) is 0 Å². The van der Waals surface area contributed by atoms with E-state index in [9.17, 15) is 8.42 Å². The lowest BCUT2D eigenvalue weighted by molar-refractivity contribution is 0.283. The molecule has 0 saturated heterocycles. The van der Waals surface area contributed by atoms with Gasteiger partial charge < -0.3 is 4.90 Å². The summed E-state index contributed by atoms with van der Waals surface area (Å²) in [6.45, 7) is 8.42. The van der Waals surface area contributed by atoms with Crippen molar-refractivity contribution < 1.29 is 17.2 Å². The molecule has 176 valence electrons. The molecule has 0 aliphatic carbocycles. The molecule has 0 heterocycles. The van der Waals surface area contributed by atoms with Gasteiger partial charge in [0.05, 0.1) is 6.61 Å². The smallest absolute Gasteiger partial charge is 0.307 e. The van der Waals surface area contributed by atoms with Crippen LogP contribution in [0.25, 0.3) is 0 Å². The van der Waals surface area contributed by atoms with Crippen LogP contribution < -0.4 is 0 Å². The Bertz CT molecular complexity index is 438. The normalized spacial score (nSPS) is 11.8. The Kier molecular flexibility index (Phi) is 25.3. The van der Waals surface area contributed by atoms with Gasteiger partial charge in [0.1, 0.15) is 0 Å². The first-order valence-corrected chi connectivity index (χ1v) is 13.2. The standard InChI is InChI=1S/C21H43N.C2H6O4S/c1-4-6-7-8-9-10-11-12-13-14-15-16-17-18-19-20-21-22(3)5-2;1-2-6-7(3,4)5/h12-13H,4-11,14-21H2,1-3H3;2H2,1H3,(H,3,4,5)/b13-12-;. The first-order chi connectivity index (χ1) is 13.9. The van der Waals surface area contributed by atoms with E-state index in [1.54, 1.807) is 0 Å². The molecule has 0 aliphatic heterocycles. The molecule has 5 nitrogen and oxygen atoms in total. The molecule has 0 fully saturated rings. The largest absolute Gasteiger partial charge is 0.397 e. The topological polar surface area (TPSA) is 66.8 Å². The van der Waals surface area contributed by atoms with E-state index in [1.165, 1.54) is 110 Å². The van der Waals surface area contributed by atoms with Gasteiger partial charge in [0.15, 0.2) is 0 Å². The maximum atomic E-state index is 9.56. The van der Waals surface area contributed by atoms with Crippen LogP contribution in [0, 0.1) is 0 Å². The van der Waals surface area contributed by atoms with E-state index in [-0.39, 0.29) is 6.61 Å². The van der Waals surface area contributed by atoms with Gasteiger partial charge in [-0.1, -0.05) is 83.8 Å². The quantitative estimate of drug-likeness (QED) is 0.137. The summed E-state index contributed by atoms with van der Waals surface area (Å²) in [4.78, 5) is 2.41. The van der Waals surface area contributed by atoms with Crippen molar-refractivity contribution >= 4 is 10.4 Å². The molecule has 0 aliphatic rings. The molecule has 0 bridgehead atoms. The fourth-order valence-corrected chi connectivity index (χ4v) is 3.23. The fraction of sp³-hybridized carbons (Fsp3) is 0.913. The molecule has 0 amide bonds. The van der Waals surface area contributed by atoms with E-state index in [4.69, 9.17) is 4.55 Å². The molecule has 1 N–H and O–H groups in total. The van der Waals surface area contributed by atoms with Gasteiger partial charge in [-0.05, 0) is 59.2 Å². The third-order valence-corrected chi connectivity index (χ3v) is 5.39. The van der Waals surface area contributed by atoms with E-state index in [1.807, 2.05) is 0 Å². The maximum Gasteiger partial charge on any atom is 0.397 e. The van der Waals surface area contributed by atoms with Gasteiger partial charge in [-0.2, -0.15) is 8.42 Å². The Balaban J connectivity index is 0. The lowest BCUT2D eigenvalue weighted by atomic mass is 10.1. The summed E-state index contributed by atoms with van der Waals surface area (Å²) in [6, 6.07) is 0. The number of rotatable bonds is 19. The summed E-state index contributed by atoms with van der Waals surface area (Å²) < 4.78 is 30.7. The third-order valence-electron chi connectivity index (χ3n) is 4.86. The number of nitrogens with zero attached hydrogens (tertiary/aromatic N) is 1. The second-order valence-electron chi connectivity index (χ2n) is 7.67. The molecule has 0 unspecified atom stereocenters. The molecular weight excluding hydrogens is 386 g/mol. The highest BCUT2D eigenvalue weighted by molar-refractivity contribution is 7.80. The highest BCUT2D eigenvalue weighted by Crippen LogP contribution is 2.10. The first-order valence-electron chi connectivity index (χ1n) is 11.8. The first kappa shape index (κ1) is 30.8. The van der Waals surface area contributed by atoms with Crippen molar-refractivity contribution in [3.8, 4) is 0 Å². The van der Waals surface area contributed by atoms with Crippen molar-refractivity contribution in [2.24, 2.45) is 0 Å². The number of hydrogen-bond acceptors (Lipinski definition) is 4. The van der Waals surface area contributed by atoms with Crippen molar-refractivity contribution in [3.05, 3.63) is 12.2 Å². The predicted octanol–water partition coefficient (Wildman–Crippen LogP) is 6.80. The zero-order valence-electron chi connectivity index (χ0n) is 19.7. The Morgan fingerprint density at radius 1 is 0.759 bits per heavy atom. The van der Waals surface area contributed by atoms with E-state index >= 15 is 0 Å². The van der Waals surface area contributed by atoms with Crippen LogP contribution in [0.1, 0.15) is 111 Å². The van der Waals surface area contributed by atoms with E-state index in [2.05, 4.69) is 42.1 Å². The van der Waals surface area contributed by atoms with Crippen LogP contribution in [0.15, 0.2) is 12.2 Å². The van der Waals surface area contributed by atoms with Gasteiger partial charge in [0.25, 0.3) is 0 Å². The monoisotopic (exact) mass is 435 g/mol. The Hall–Kier alpha value is -0.430. The zero-order valence-corrected chi connectivity index (χ0v) is 20.5. The van der Waals surface area contributed by atoms with Gasteiger partial charge in [0.2, 0.25) is 0 Å². The summed E-state index contributed by atoms with van der Waals surface area (Å²) in [5.41, 5.74) is 0. The third kappa shape index (κ3) is 32.4. The molecule has 0 saturated carbocycles. The minimum Gasteiger partial charge on any atom is -0.307 e. The summed E-state index contributed by atoms with van der Waals surface area (Å²) in [7, 11) is -1.95. The van der Waals surface area contributed by atoms with Crippen LogP contribution in [-0.2, 0) is 14.6 Å². The van der Waals surface area contributed by atoms with Crippen molar-refractivity contribution in [3.63, 3.8) is 0 Å². The molecule has 0 aromatic rings. The van der Waals surface area contributed by atoms with Crippen LogP contribution in [0.2, 0.25) is 0 Å². The van der Waals surface area contributed by atoms with Gasteiger partial charge in [-0.15, -0.1) is 0 Å². The molecule has 0 aromatic heterocycles. The maximum absolute atomic E-state index is 9.56. The van der Waals surface area contributed by atoms with Gasteiger partial charge in [-0.3, -0.25) is 4.55 Å². The molecule has 0 atom stereocenters. The van der Waals surface area contributed by atoms with E-state index < -0.39 is 10.4 Å². The minimum atomic E-state index is -4.17.